The number of amides is 2. The molecular weight excluding hydrogens is 390 g/mol. The monoisotopic (exact) mass is 417 g/mol. The molecule has 2 heterocycles. The molecule has 160 valence electrons. The average molecular weight is 418 g/mol. The summed E-state index contributed by atoms with van der Waals surface area (Å²) in [5, 5.41) is 6.21. The van der Waals surface area contributed by atoms with E-state index in [0.717, 1.165) is 42.7 Å². The van der Waals surface area contributed by atoms with Crippen molar-refractivity contribution in [2.75, 3.05) is 31.5 Å². The van der Waals surface area contributed by atoms with Crippen LogP contribution in [0.1, 0.15) is 38.5 Å². The second-order valence-corrected chi connectivity index (χ2v) is 7.89. The lowest BCUT2D eigenvalue weighted by molar-refractivity contribution is 0.0735. The number of rotatable bonds is 4. The molecule has 0 unspecified atom stereocenters. The molecule has 0 atom stereocenters. The summed E-state index contributed by atoms with van der Waals surface area (Å²) in [5.41, 5.74) is 4.42. The van der Waals surface area contributed by atoms with Gasteiger partial charge in [-0.15, -0.1) is 0 Å². The van der Waals surface area contributed by atoms with E-state index in [0.29, 0.717) is 29.3 Å². The van der Waals surface area contributed by atoms with Crippen LogP contribution in [0.3, 0.4) is 0 Å². The summed E-state index contributed by atoms with van der Waals surface area (Å²) in [7, 11) is 0. The van der Waals surface area contributed by atoms with Gasteiger partial charge in [0.15, 0.2) is 5.76 Å². The smallest absolute Gasteiger partial charge is 0.289 e. The van der Waals surface area contributed by atoms with Crippen molar-refractivity contribution >= 4 is 17.5 Å². The Bertz CT molecular complexity index is 1080. The normalized spacial score (nSPS) is 14.2. The highest BCUT2D eigenvalue weighted by atomic mass is 16.4. The van der Waals surface area contributed by atoms with Gasteiger partial charge < -0.3 is 20.0 Å². The quantitative estimate of drug-likeness (QED) is 0.666. The topological polar surface area (TPSA) is 74.6 Å². The fraction of sp³-hybridized carbons (Fsp3) is 0.280. The van der Waals surface area contributed by atoms with Gasteiger partial charge in [-0.1, -0.05) is 6.07 Å². The SMILES string of the molecule is Cc1ccc(C(=O)Nc2ccc(-c3ccc(C(=O)N4CCCNCC4)o3)cc2)cc1C. The Labute approximate surface area is 182 Å². The lowest BCUT2D eigenvalue weighted by Gasteiger charge is -2.18. The van der Waals surface area contributed by atoms with Crippen molar-refractivity contribution in [2.24, 2.45) is 0 Å². The zero-order valence-electron chi connectivity index (χ0n) is 17.9. The third-order valence-electron chi connectivity index (χ3n) is 5.64. The molecule has 1 fully saturated rings. The lowest BCUT2D eigenvalue weighted by Crippen LogP contribution is -2.33. The number of aryl methyl sites for hydroxylation is 2. The van der Waals surface area contributed by atoms with Crippen LogP contribution in [-0.4, -0.2) is 42.9 Å². The van der Waals surface area contributed by atoms with E-state index in [2.05, 4.69) is 10.6 Å². The molecule has 0 aliphatic carbocycles. The Morgan fingerprint density at radius 2 is 1.74 bits per heavy atom. The fourth-order valence-electron chi connectivity index (χ4n) is 3.62. The highest BCUT2D eigenvalue weighted by Gasteiger charge is 2.20. The molecule has 1 aliphatic heterocycles. The van der Waals surface area contributed by atoms with Crippen molar-refractivity contribution < 1.29 is 14.0 Å². The van der Waals surface area contributed by atoms with Crippen LogP contribution in [0.2, 0.25) is 0 Å². The van der Waals surface area contributed by atoms with E-state index in [1.807, 2.05) is 67.3 Å². The molecule has 1 aliphatic rings. The van der Waals surface area contributed by atoms with Crippen LogP contribution in [0.4, 0.5) is 5.69 Å². The summed E-state index contributed by atoms with van der Waals surface area (Å²) < 4.78 is 5.84. The number of anilines is 1. The van der Waals surface area contributed by atoms with E-state index in [9.17, 15) is 9.59 Å². The van der Waals surface area contributed by atoms with Crippen LogP contribution in [-0.2, 0) is 0 Å². The summed E-state index contributed by atoms with van der Waals surface area (Å²) in [6.45, 7) is 7.16. The van der Waals surface area contributed by atoms with Gasteiger partial charge >= 0.3 is 0 Å². The fourth-order valence-corrected chi connectivity index (χ4v) is 3.62. The highest BCUT2D eigenvalue weighted by molar-refractivity contribution is 6.04. The van der Waals surface area contributed by atoms with Crippen LogP contribution < -0.4 is 10.6 Å². The molecule has 1 aromatic heterocycles. The molecule has 0 saturated carbocycles. The summed E-state index contributed by atoms with van der Waals surface area (Å²) >= 11 is 0. The van der Waals surface area contributed by atoms with Gasteiger partial charge in [0.05, 0.1) is 0 Å². The van der Waals surface area contributed by atoms with E-state index in [1.165, 1.54) is 0 Å². The zero-order valence-corrected chi connectivity index (χ0v) is 17.9. The van der Waals surface area contributed by atoms with Crippen LogP contribution in [0.25, 0.3) is 11.3 Å². The maximum Gasteiger partial charge on any atom is 0.289 e. The molecule has 3 aromatic rings. The first-order valence-electron chi connectivity index (χ1n) is 10.6. The zero-order chi connectivity index (χ0) is 21.8. The summed E-state index contributed by atoms with van der Waals surface area (Å²) in [4.78, 5) is 27.0. The van der Waals surface area contributed by atoms with E-state index in [1.54, 1.807) is 6.07 Å². The van der Waals surface area contributed by atoms with Gasteiger partial charge in [0.25, 0.3) is 11.8 Å². The Kier molecular flexibility index (Phi) is 6.18. The third kappa shape index (κ3) is 4.86. The van der Waals surface area contributed by atoms with Gasteiger partial charge in [-0.2, -0.15) is 0 Å². The van der Waals surface area contributed by atoms with E-state index < -0.39 is 0 Å². The molecule has 0 radical (unpaired) electrons. The minimum Gasteiger partial charge on any atom is -0.451 e. The molecule has 0 spiro atoms. The molecule has 1 saturated heterocycles. The lowest BCUT2D eigenvalue weighted by atomic mass is 10.1. The highest BCUT2D eigenvalue weighted by Crippen LogP contribution is 2.25. The summed E-state index contributed by atoms with van der Waals surface area (Å²) in [6.07, 6.45) is 0.939. The molecule has 2 amide bonds. The summed E-state index contributed by atoms with van der Waals surface area (Å²) in [5.74, 6) is 0.758. The van der Waals surface area contributed by atoms with Gasteiger partial charge in [0.1, 0.15) is 5.76 Å². The number of carbonyl (C=O) groups is 2. The van der Waals surface area contributed by atoms with Gasteiger partial charge in [-0.3, -0.25) is 9.59 Å². The van der Waals surface area contributed by atoms with Crippen molar-refractivity contribution in [3.8, 4) is 11.3 Å². The second-order valence-electron chi connectivity index (χ2n) is 7.89. The molecular formula is C25H27N3O3. The van der Waals surface area contributed by atoms with Crippen molar-refractivity contribution in [1.29, 1.82) is 0 Å². The van der Waals surface area contributed by atoms with Gasteiger partial charge in [-0.05, 0) is 86.5 Å². The first-order valence-corrected chi connectivity index (χ1v) is 10.6. The Morgan fingerprint density at radius 1 is 0.935 bits per heavy atom. The number of benzene rings is 2. The van der Waals surface area contributed by atoms with Crippen LogP contribution >= 0.6 is 0 Å². The molecule has 0 bridgehead atoms. The summed E-state index contributed by atoms with van der Waals surface area (Å²) in [6, 6.07) is 16.6. The van der Waals surface area contributed by atoms with Crippen LogP contribution in [0, 0.1) is 13.8 Å². The van der Waals surface area contributed by atoms with Gasteiger partial charge in [0, 0.05) is 36.4 Å². The van der Waals surface area contributed by atoms with Crippen molar-refractivity contribution in [2.45, 2.75) is 20.3 Å². The molecule has 6 heteroatoms. The Balaban J connectivity index is 1.43. The predicted molar refractivity (Wildman–Crippen MR) is 121 cm³/mol. The molecule has 6 nitrogen and oxygen atoms in total. The number of carbonyl (C=O) groups excluding carboxylic acids is 2. The van der Waals surface area contributed by atoms with Crippen molar-refractivity contribution in [3.05, 3.63) is 77.0 Å². The van der Waals surface area contributed by atoms with E-state index in [-0.39, 0.29) is 11.8 Å². The molecule has 2 aromatic carbocycles. The Hall–Kier alpha value is -3.38. The average Bonchev–Trinajstić information content (AvgIpc) is 3.11. The molecule has 31 heavy (non-hydrogen) atoms. The molecule has 2 N–H and O–H groups in total. The van der Waals surface area contributed by atoms with E-state index >= 15 is 0 Å². The maximum atomic E-state index is 12.7. The largest absolute Gasteiger partial charge is 0.451 e. The van der Waals surface area contributed by atoms with Crippen LogP contribution in [0.15, 0.2) is 59.0 Å². The van der Waals surface area contributed by atoms with Gasteiger partial charge in [-0.25, -0.2) is 0 Å². The number of nitrogens with one attached hydrogen (secondary N) is 2. The van der Waals surface area contributed by atoms with Crippen molar-refractivity contribution in [1.82, 2.24) is 10.2 Å². The second kappa shape index (κ2) is 9.18. The first kappa shape index (κ1) is 20.9. The number of nitrogens with zero attached hydrogens (tertiary/aromatic N) is 1. The number of hydrogen-bond acceptors (Lipinski definition) is 4. The minimum absolute atomic E-state index is 0.0766. The van der Waals surface area contributed by atoms with Crippen molar-refractivity contribution in [3.63, 3.8) is 0 Å². The van der Waals surface area contributed by atoms with Crippen LogP contribution in [0.5, 0.6) is 0 Å². The standard InChI is InChI=1S/C25H27N3O3/c1-17-4-5-20(16-18(17)2)24(29)27-21-8-6-19(7-9-21)22-10-11-23(31-22)25(30)28-14-3-12-26-13-15-28/h4-11,16,26H,3,12-15H2,1-2H3,(H,27,29). The number of furan rings is 1. The Morgan fingerprint density at radius 3 is 2.52 bits per heavy atom. The predicted octanol–water partition coefficient (Wildman–Crippen LogP) is 4.25. The van der Waals surface area contributed by atoms with Gasteiger partial charge in [0.2, 0.25) is 0 Å². The molecule has 4 rings (SSSR count). The first-order chi connectivity index (χ1) is 15.0. The number of hydrogen-bond donors (Lipinski definition) is 2. The van der Waals surface area contributed by atoms with E-state index in [4.69, 9.17) is 4.42 Å². The maximum absolute atomic E-state index is 12.7. The minimum atomic E-state index is -0.145. The third-order valence-corrected chi connectivity index (χ3v) is 5.64.